The van der Waals surface area contributed by atoms with Gasteiger partial charge in [0.15, 0.2) is 0 Å². The molecule has 0 fully saturated rings. The molecule has 0 radical (unpaired) electrons. The number of hydrogen-bond acceptors (Lipinski definition) is 3. The van der Waals surface area contributed by atoms with Crippen LogP contribution in [-0.2, 0) is 11.2 Å². The summed E-state index contributed by atoms with van der Waals surface area (Å²) >= 11 is 0. The molecule has 1 aromatic rings. The van der Waals surface area contributed by atoms with E-state index in [0.717, 1.165) is 12.0 Å². The van der Waals surface area contributed by atoms with E-state index >= 15 is 0 Å². The summed E-state index contributed by atoms with van der Waals surface area (Å²) < 4.78 is 0. The first kappa shape index (κ1) is 11.7. The molecule has 82 valence electrons. The molecule has 3 N–H and O–H groups in total. The number of nitrogens with one attached hydrogen (secondary N) is 1. The highest BCUT2D eigenvalue weighted by molar-refractivity contribution is 5.84. The van der Waals surface area contributed by atoms with Gasteiger partial charge in [-0.15, -0.1) is 0 Å². The van der Waals surface area contributed by atoms with Gasteiger partial charge < -0.3 is 11.1 Å². The van der Waals surface area contributed by atoms with Gasteiger partial charge in [-0.2, -0.15) is 0 Å². The molecular weight excluding hydrogens is 190 g/mol. The van der Waals surface area contributed by atoms with Gasteiger partial charge >= 0.3 is 0 Å². The third-order valence-electron chi connectivity index (χ3n) is 2.01. The van der Waals surface area contributed by atoms with Gasteiger partial charge in [-0.05, 0) is 31.9 Å². The first-order valence-electron chi connectivity index (χ1n) is 4.96. The fourth-order valence-electron chi connectivity index (χ4n) is 1.09. The summed E-state index contributed by atoms with van der Waals surface area (Å²) in [4.78, 5) is 15.4. The van der Waals surface area contributed by atoms with Gasteiger partial charge in [0.05, 0.1) is 5.54 Å². The maximum atomic E-state index is 11.4. The van der Waals surface area contributed by atoms with E-state index in [1.54, 1.807) is 26.2 Å². The first-order chi connectivity index (χ1) is 7.00. The molecule has 0 saturated carbocycles. The second-order valence-electron chi connectivity index (χ2n) is 4.09. The van der Waals surface area contributed by atoms with Gasteiger partial charge in [0.2, 0.25) is 5.91 Å². The highest BCUT2D eigenvalue weighted by Crippen LogP contribution is 1.98. The van der Waals surface area contributed by atoms with Crippen molar-refractivity contribution in [2.45, 2.75) is 25.8 Å². The summed E-state index contributed by atoms with van der Waals surface area (Å²) in [5, 5.41) is 2.78. The Bertz CT molecular complexity index is 316. The lowest BCUT2D eigenvalue weighted by molar-refractivity contribution is -0.125. The SMILES string of the molecule is CC(C)(N)C(=O)NCCc1cccnc1. The number of nitrogens with two attached hydrogens (primary N) is 1. The van der Waals surface area contributed by atoms with Crippen LogP contribution in [0.2, 0.25) is 0 Å². The molecule has 1 aromatic heterocycles. The third kappa shape index (κ3) is 4.08. The molecule has 0 bridgehead atoms. The zero-order valence-corrected chi connectivity index (χ0v) is 9.16. The van der Waals surface area contributed by atoms with E-state index in [-0.39, 0.29) is 5.91 Å². The molecule has 1 amide bonds. The summed E-state index contributed by atoms with van der Waals surface area (Å²) in [7, 11) is 0. The minimum absolute atomic E-state index is 0.133. The number of aromatic nitrogens is 1. The van der Waals surface area contributed by atoms with Crippen LogP contribution in [-0.4, -0.2) is 23.0 Å². The number of nitrogens with zero attached hydrogens (tertiary/aromatic N) is 1. The van der Waals surface area contributed by atoms with E-state index in [9.17, 15) is 4.79 Å². The Morgan fingerprint density at radius 1 is 1.60 bits per heavy atom. The van der Waals surface area contributed by atoms with E-state index in [1.165, 1.54) is 0 Å². The van der Waals surface area contributed by atoms with Gasteiger partial charge in [0.25, 0.3) is 0 Å². The fraction of sp³-hybridized carbons (Fsp3) is 0.455. The van der Waals surface area contributed by atoms with Crippen molar-refractivity contribution in [3.8, 4) is 0 Å². The van der Waals surface area contributed by atoms with E-state index < -0.39 is 5.54 Å². The van der Waals surface area contributed by atoms with E-state index in [0.29, 0.717) is 6.54 Å². The molecule has 4 heteroatoms. The number of carbonyl (C=O) groups is 1. The standard InChI is InChI=1S/C11H17N3O/c1-11(2,12)10(15)14-7-5-9-4-3-6-13-8-9/h3-4,6,8H,5,7,12H2,1-2H3,(H,14,15). The van der Waals surface area contributed by atoms with Gasteiger partial charge in [0, 0.05) is 18.9 Å². The zero-order chi connectivity index (χ0) is 11.3. The molecule has 0 aliphatic carbocycles. The van der Waals surface area contributed by atoms with Crippen LogP contribution < -0.4 is 11.1 Å². The van der Waals surface area contributed by atoms with Crippen LogP contribution in [0, 0.1) is 0 Å². The maximum absolute atomic E-state index is 11.4. The van der Waals surface area contributed by atoms with Crippen molar-refractivity contribution >= 4 is 5.91 Å². The topological polar surface area (TPSA) is 68.0 Å². The van der Waals surface area contributed by atoms with Gasteiger partial charge in [-0.3, -0.25) is 9.78 Å². The lowest BCUT2D eigenvalue weighted by Gasteiger charge is -2.17. The summed E-state index contributed by atoms with van der Waals surface area (Å²) in [6, 6.07) is 3.86. The van der Waals surface area contributed by atoms with Crippen LogP contribution in [0.5, 0.6) is 0 Å². The minimum Gasteiger partial charge on any atom is -0.354 e. The highest BCUT2D eigenvalue weighted by Gasteiger charge is 2.20. The number of carbonyl (C=O) groups excluding carboxylic acids is 1. The Kier molecular flexibility index (Phi) is 3.80. The monoisotopic (exact) mass is 207 g/mol. The van der Waals surface area contributed by atoms with Crippen molar-refractivity contribution in [3.05, 3.63) is 30.1 Å². The largest absolute Gasteiger partial charge is 0.354 e. The van der Waals surface area contributed by atoms with Crippen LogP contribution in [0.1, 0.15) is 19.4 Å². The van der Waals surface area contributed by atoms with Crippen molar-refractivity contribution in [2.75, 3.05) is 6.54 Å². The molecule has 1 rings (SSSR count). The first-order valence-corrected chi connectivity index (χ1v) is 4.96. The molecule has 0 spiro atoms. The van der Waals surface area contributed by atoms with Crippen molar-refractivity contribution < 1.29 is 4.79 Å². The Labute approximate surface area is 89.9 Å². The zero-order valence-electron chi connectivity index (χ0n) is 9.16. The quantitative estimate of drug-likeness (QED) is 0.754. The average molecular weight is 207 g/mol. The Balaban J connectivity index is 2.32. The molecule has 4 nitrogen and oxygen atoms in total. The van der Waals surface area contributed by atoms with Crippen molar-refractivity contribution in [1.82, 2.24) is 10.3 Å². The average Bonchev–Trinajstić information content (AvgIpc) is 2.18. The summed E-state index contributed by atoms with van der Waals surface area (Å²) in [5.74, 6) is -0.133. The normalized spacial score (nSPS) is 11.1. The second kappa shape index (κ2) is 4.89. The molecule has 0 saturated heterocycles. The maximum Gasteiger partial charge on any atom is 0.239 e. The van der Waals surface area contributed by atoms with Gasteiger partial charge in [-0.25, -0.2) is 0 Å². The number of rotatable bonds is 4. The van der Waals surface area contributed by atoms with Crippen molar-refractivity contribution in [2.24, 2.45) is 5.73 Å². The summed E-state index contributed by atoms with van der Waals surface area (Å²) in [6.07, 6.45) is 4.29. The van der Waals surface area contributed by atoms with Crippen LogP contribution in [0.4, 0.5) is 0 Å². The Morgan fingerprint density at radius 3 is 2.87 bits per heavy atom. The molecular formula is C11H17N3O. The highest BCUT2D eigenvalue weighted by atomic mass is 16.2. The van der Waals surface area contributed by atoms with E-state index in [2.05, 4.69) is 10.3 Å². The number of hydrogen-bond donors (Lipinski definition) is 2. The number of pyridine rings is 1. The minimum atomic E-state index is -0.811. The molecule has 1 heterocycles. The van der Waals surface area contributed by atoms with Crippen LogP contribution in [0.25, 0.3) is 0 Å². The molecule has 0 aliphatic heterocycles. The number of amides is 1. The second-order valence-corrected chi connectivity index (χ2v) is 4.09. The lowest BCUT2D eigenvalue weighted by atomic mass is 10.1. The third-order valence-corrected chi connectivity index (χ3v) is 2.01. The molecule has 0 aromatic carbocycles. The summed E-state index contributed by atoms with van der Waals surface area (Å²) in [5.41, 5.74) is 5.93. The fourth-order valence-corrected chi connectivity index (χ4v) is 1.09. The Morgan fingerprint density at radius 2 is 2.33 bits per heavy atom. The molecule has 0 unspecified atom stereocenters. The van der Waals surface area contributed by atoms with Gasteiger partial charge in [0.1, 0.15) is 0 Å². The predicted molar refractivity (Wildman–Crippen MR) is 59.2 cm³/mol. The van der Waals surface area contributed by atoms with E-state index in [1.807, 2.05) is 12.1 Å². The lowest BCUT2D eigenvalue weighted by Crippen LogP contribution is -2.49. The van der Waals surface area contributed by atoms with Crippen molar-refractivity contribution in [1.29, 1.82) is 0 Å². The van der Waals surface area contributed by atoms with E-state index in [4.69, 9.17) is 5.73 Å². The molecule has 15 heavy (non-hydrogen) atoms. The van der Waals surface area contributed by atoms with Crippen molar-refractivity contribution in [3.63, 3.8) is 0 Å². The molecule has 0 atom stereocenters. The smallest absolute Gasteiger partial charge is 0.239 e. The molecule has 0 aliphatic rings. The van der Waals surface area contributed by atoms with Gasteiger partial charge in [-0.1, -0.05) is 6.07 Å². The Hall–Kier alpha value is -1.42. The van der Waals surface area contributed by atoms with Crippen LogP contribution in [0.3, 0.4) is 0 Å². The van der Waals surface area contributed by atoms with Crippen LogP contribution in [0.15, 0.2) is 24.5 Å². The van der Waals surface area contributed by atoms with Crippen LogP contribution >= 0.6 is 0 Å². The predicted octanol–water partition coefficient (Wildman–Crippen LogP) is 0.478. The summed E-state index contributed by atoms with van der Waals surface area (Å²) in [6.45, 7) is 3.96.